The molecule has 0 aromatic carbocycles. The van der Waals surface area contributed by atoms with Gasteiger partial charge in [0, 0.05) is 0 Å². The van der Waals surface area contributed by atoms with Crippen molar-refractivity contribution in [1.82, 2.24) is 0 Å². The fourth-order valence-corrected chi connectivity index (χ4v) is 0.668. The predicted molar refractivity (Wildman–Crippen MR) is 26.8 cm³/mol. The molecule has 1 atom stereocenters. The average molecular weight is 171 g/mol. The second-order valence-electron chi connectivity index (χ2n) is 2.03. The van der Waals surface area contributed by atoms with Crippen molar-refractivity contribution in [3.8, 4) is 0 Å². The molecular formula is C5H2F5N. The lowest BCUT2D eigenvalue weighted by molar-refractivity contribution is -0.0228. The maximum Gasteiger partial charge on any atom is 0.338 e. The molecule has 1 aliphatic rings. The van der Waals surface area contributed by atoms with E-state index in [-0.39, 0.29) is 0 Å². The van der Waals surface area contributed by atoms with Crippen LogP contribution in [-0.2, 0) is 0 Å². The lowest BCUT2D eigenvalue weighted by Crippen LogP contribution is -2.29. The summed E-state index contributed by atoms with van der Waals surface area (Å²) in [5.74, 6) is -9.08. The zero-order valence-corrected chi connectivity index (χ0v) is 4.97. The minimum atomic E-state index is -4.50. The molecule has 62 valence electrons. The van der Waals surface area contributed by atoms with Gasteiger partial charge in [0.15, 0.2) is 5.83 Å². The van der Waals surface area contributed by atoms with E-state index in [1.165, 1.54) is 0 Å². The first-order chi connectivity index (χ1) is 4.89. The molecule has 0 aromatic rings. The highest BCUT2D eigenvalue weighted by Crippen LogP contribution is 2.41. The first kappa shape index (κ1) is 8.16. The van der Waals surface area contributed by atoms with Crippen LogP contribution in [0, 0.1) is 5.41 Å². The second kappa shape index (κ2) is 2.02. The van der Waals surface area contributed by atoms with Crippen LogP contribution in [0.1, 0.15) is 0 Å². The number of hydrogen-bond donors (Lipinski definition) is 1. The minimum Gasteiger partial charge on any atom is -0.299 e. The molecule has 0 amide bonds. The topological polar surface area (TPSA) is 23.9 Å². The molecule has 0 radical (unpaired) electrons. The first-order valence-corrected chi connectivity index (χ1v) is 2.55. The average Bonchev–Trinajstić information content (AvgIpc) is 2.06. The highest BCUT2D eigenvalue weighted by atomic mass is 19.3. The molecule has 0 saturated carbocycles. The molecule has 0 bridgehead atoms. The van der Waals surface area contributed by atoms with E-state index in [4.69, 9.17) is 5.41 Å². The first-order valence-electron chi connectivity index (χ1n) is 2.55. The zero-order chi connectivity index (χ0) is 8.81. The molecule has 11 heavy (non-hydrogen) atoms. The van der Waals surface area contributed by atoms with E-state index in [1.54, 1.807) is 0 Å². The van der Waals surface area contributed by atoms with Crippen molar-refractivity contribution in [1.29, 1.82) is 5.41 Å². The molecule has 0 aromatic heterocycles. The summed E-state index contributed by atoms with van der Waals surface area (Å²) in [6.45, 7) is 0. The van der Waals surface area contributed by atoms with E-state index in [1.807, 2.05) is 0 Å². The minimum absolute atomic E-state index is 1.63. The van der Waals surface area contributed by atoms with Gasteiger partial charge in [-0.2, -0.15) is 8.78 Å². The van der Waals surface area contributed by atoms with Gasteiger partial charge in [0.2, 0.25) is 12.0 Å². The summed E-state index contributed by atoms with van der Waals surface area (Å²) >= 11 is 0. The smallest absolute Gasteiger partial charge is 0.299 e. The summed E-state index contributed by atoms with van der Waals surface area (Å²) in [6, 6.07) is 0. The fourth-order valence-electron chi connectivity index (χ4n) is 0.668. The van der Waals surface area contributed by atoms with Crippen molar-refractivity contribution >= 4 is 5.71 Å². The predicted octanol–water partition coefficient (Wildman–Crippen LogP) is 2.14. The number of allylic oxidation sites excluding steroid dienone is 2. The van der Waals surface area contributed by atoms with Crippen LogP contribution in [0.5, 0.6) is 0 Å². The van der Waals surface area contributed by atoms with E-state index in [9.17, 15) is 22.0 Å². The Morgan fingerprint density at radius 3 is 1.82 bits per heavy atom. The molecule has 0 aliphatic heterocycles. The highest BCUT2D eigenvalue weighted by molar-refractivity contribution is 6.03. The standard InChI is InChI=1S/C5H2F5N/c6-1-2(11)4(8)5(9,10)3(1)7/h4,11H. The Morgan fingerprint density at radius 1 is 1.27 bits per heavy atom. The molecule has 1 unspecified atom stereocenters. The van der Waals surface area contributed by atoms with Crippen LogP contribution in [0.25, 0.3) is 0 Å². The van der Waals surface area contributed by atoms with Gasteiger partial charge in [0.1, 0.15) is 5.71 Å². The molecule has 0 fully saturated rings. The van der Waals surface area contributed by atoms with Crippen molar-refractivity contribution in [2.24, 2.45) is 0 Å². The maximum atomic E-state index is 12.1. The Hall–Kier alpha value is -0.940. The molecule has 0 spiro atoms. The van der Waals surface area contributed by atoms with Gasteiger partial charge in [-0.25, -0.2) is 13.2 Å². The Labute approximate surface area is 58.0 Å². The lowest BCUT2D eigenvalue weighted by Gasteiger charge is -2.09. The lowest BCUT2D eigenvalue weighted by atomic mass is 10.2. The van der Waals surface area contributed by atoms with Crippen LogP contribution in [0.15, 0.2) is 11.7 Å². The van der Waals surface area contributed by atoms with Crippen LogP contribution in [0.2, 0.25) is 0 Å². The molecule has 1 N–H and O–H groups in total. The quantitative estimate of drug-likeness (QED) is 0.540. The Bertz CT molecular complexity index is 243. The van der Waals surface area contributed by atoms with Crippen molar-refractivity contribution in [2.75, 3.05) is 0 Å². The van der Waals surface area contributed by atoms with Gasteiger partial charge in [-0.1, -0.05) is 0 Å². The molecule has 1 nitrogen and oxygen atoms in total. The van der Waals surface area contributed by atoms with Crippen LogP contribution < -0.4 is 0 Å². The number of halogens is 5. The summed E-state index contributed by atoms with van der Waals surface area (Å²) in [4.78, 5) is 0. The van der Waals surface area contributed by atoms with Gasteiger partial charge in [0.25, 0.3) is 0 Å². The Morgan fingerprint density at radius 2 is 1.73 bits per heavy atom. The van der Waals surface area contributed by atoms with Crippen LogP contribution in [0.3, 0.4) is 0 Å². The molecule has 1 rings (SSSR count). The second-order valence-corrected chi connectivity index (χ2v) is 2.03. The third kappa shape index (κ3) is 0.849. The summed E-state index contributed by atoms with van der Waals surface area (Å²) in [7, 11) is 0. The number of rotatable bonds is 0. The monoisotopic (exact) mass is 171 g/mol. The summed E-state index contributed by atoms with van der Waals surface area (Å²) < 4.78 is 60.2. The van der Waals surface area contributed by atoms with Crippen LogP contribution in [0.4, 0.5) is 22.0 Å². The number of alkyl halides is 3. The molecule has 0 heterocycles. The highest BCUT2D eigenvalue weighted by Gasteiger charge is 2.56. The Balaban J connectivity index is 3.16. The SMILES string of the molecule is N=C1C(F)=C(F)C(F)(F)C1F. The van der Waals surface area contributed by atoms with Crippen molar-refractivity contribution < 1.29 is 22.0 Å². The van der Waals surface area contributed by atoms with Gasteiger partial charge in [-0.15, -0.1) is 0 Å². The van der Waals surface area contributed by atoms with Crippen molar-refractivity contribution in [2.45, 2.75) is 12.1 Å². The van der Waals surface area contributed by atoms with Gasteiger partial charge >= 0.3 is 5.92 Å². The van der Waals surface area contributed by atoms with E-state index >= 15 is 0 Å². The van der Waals surface area contributed by atoms with Crippen LogP contribution in [-0.4, -0.2) is 17.8 Å². The van der Waals surface area contributed by atoms with Gasteiger partial charge in [-0.3, -0.25) is 5.41 Å². The van der Waals surface area contributed by atoms with Crippen molar-refractivity contribution in [3.05, 3.63) is 11.7 Å². The van der Waals surface area contributed by atoms with Gasteiger partial charge < -0.3 is 0 Å². The molecule has 6 heteroatoms. The molecule has 0 saturated heterocycles. The van der Waals surface area contributed by atoms with Crippen molar-refractivity contribution in [3.63, 3.8) is 0 Å². The maximum absolute atomic E-state index is 12.1. The van der Waals surface area contributed by atoms with E-state index in [0.717, 1.165) is 0 Å². The zero-order valence-electron chi connectivity index (χ0n) is 4.97. The third-order valence-electron chi connectivity index (χ3n) is 1.29. The summed E-state index contributed by atoms with van der Waals surface area (Å²) in [5, 5.41) is 6.32. The van der Waals surface area contributed by atoms with E-state index in [0.29, 0.717) is 0 Å². The van der Waals surface area contributed by atoms with E-state index < -0.39 is 29.5 Å². The number of hydrogen-bond acceptors (Lipinski definition) is 1. The summed E-state index contributed by atoms with van der Waals surface area (Å²) in [5.41, 5.74) is -1.63. The van der Waals surface area contributed by atoms with E-state index in [2.05, 4.69) is 0 Å². The van der Waals surface area contributed by atoms with Gasteiger partial charge in [-0.05, 0) is 0 Å². The third-order valence-corrected chi connectivity index (χ3v) is 1.29. The number of nitrogens with one attached hydrogen (secondary N) is 1. The largest absolute Gasteiger partial charge is 0.338 e. The fraction of sp³-hybridized carbons (Fsp3) is 0.400. The molecule has 1 aliphatic carbocycles. The normalized spacial score (nSPS) is 29.9. The van der Waals surface area contributed by atoms with Gasteiger partial charge in [0.05, 0.1) is 0 Å². The molecular weight excluding hydrogens is 169 g/mol. The van der Waals surface area contributed by atoms with Crippen LogP contribution >= 0.6 is 0 Å². The Kier molecular flexibility index (Phi) is 1.50. The summed E-state index contributed by atoms with van der Waals surface area (Å²) in [6.07, 6.45) is -3.19.